The molecule has 3 heteroatoms. The van der Waals surface area contributed by atoms with Crippen molar-refractivity contribution in [2.75, 3.05) is 13.1 Å². The molecule has 3 unspecified atom stereocenters. The molecule has 0 saturated carbocycles. The SMILES string of the molecule is CC(CN1CCCCC1C(C)N)c1ccc(F)cc1. The van der Waals surface area contributed by atoms with Gasteiger partial charge < -0.3 is 5.73 Å². The van der Waals surface area contributed by atoms with Crippen LogP contribution in [0.2, 0.25) is 0 Å². The third-order valence-corrected chi connectivity index (χ3v) is 4.22. The Hall–Kier alpha value is -0.930. The summed E-state index contributed by atoms with van der Waals surface area (Å²) in [6.45, 7) is 6.46. The topological polar surface area (TPSA) is 29.3 Å². The first kappa shape index (κ1) is 14.5. The summed E-state index contributed by atoms with van der Waals surface area (Å²) in [5.41, 5.74) is 7.30. The van der Waals surface area contributed by atoms with Crippen molar-refractivity contribution in [1.29, 1.82) is 0 Å². The van der Waals surface area contributed by atoms with Crippen molar-refractivity contribution >= 4 is 0 Å². The second kappa shape index (κ2) is 6.49. The van der Waals surface area contributed by atoms with Crippen molar-refractivity contribution in [3.63, 3.8) is 0 Å². The molecule has 0 radical (unpaired) electrons. The highest BCUT2D eigenvalue weighted by atomic mass is 19.1. The zero-order chi connectivity index (χ0) is 13.8. The molecule has 1 aromatic rings. The molecule has 1 aliphatic rings. The number of nitrogens with two attached hydrogens (primary N) is 1. The van der Waals surface area contributed by atoms with Crippen molar-refractivity contribution < 1.29 is 4.39 Å². The number of rotatable bonds is 4. The molecule has 1 aromatic carbocycles. The van der Waals surface area contributed by atoms with E-state index in [-0.39, 0.29) is 11.9 Å². The Morgan fingerprint density at radius 2 is 1.95 bits per heavy atom. The number of hydrogen-bond donors (Lipinski definition) is 1. The first-order chi connectivity index (χ1) is 9.08. The lowest BCUT2D eigenvalue weighted by Crippen LogP contribution is -2.50. The summed E-state index contributed by atoms with van der Waals surface area (Å²) in [5, 5.41) is 0. The quantitative estimate of drug-likeness (QED) is 0.905. The van der Waals surface area contributed by atoms with Crippen molar-refractivity contribution in [1.82, 2.24) is 4.90 Å². The highest BCUT2D eigenvalue weighted by molar-refractivity contribution is 5.20. The summed E-state index contributed by atoms with van der Waals surface area (Å²) in [7, 11) is 0. The molecule has 0 aromatic heterocycles. The zero-order valence-corrected chi connectivity index (χ0v) is 12.0. The van der Waals surface area contributed by atoms with Gasteiger partial charge in [-0.3, -0.25) is 4.90 Å². The molecule has 2 nitrogen and oxygen atoms in total. The maximum Gasteiger partial charge on any atom is 0.123 e. The van der Waals surface area contributed by atoms with Crippen LogP contribution in [0.4, 0.5) is 4.39 Å². The fourth-order valence-corrected chi connectivity index (χ4v) is 3.09. The average Bonchev–Trinajstić information content (AvgIpc) is 2.39. The lowest BCUT2D eigenvalue weighted by atomic mass is 9.93. The minimum absolute atomic E-state index is 0.164. The number of benzene rings is 1. The van der Waals surface area contributed by atoms with E-state index in [1.54, 1.807) is 12.1 Å². The summed E-state index contributed by atoms with van der Waals surface area (Å²) in [4.78, 5) is 2.52. The molecule has 106 valence electrons. The van der Waals surface area contributed by atoms with E-state index >= 15 is 0 Å². The highest BCUT2D eigenvalue weighted by Crippen LogP contribution is 2.24. The largest absolute Gasteiger partial charge is 0.327 e. The Labute approximate surface area is 115 Å². The monoisotopic (exact) mass is 264 g/mol. The second-order valence-electron chi connectivity index (χ2n) is 5.87. The van der Waals surface area contributed by atoms with Crippen LogP contribution in [0, 0.1) is 5.82 Å². The van der Waals surface area contributed by atoms with Gasteiger partial charge in [0.25, 0.3) is 0 Å². The molecule has 1 aliphatic heterocycles. The van der Waals surface area contributed by atoms with Crippen LogP contribution >= 0.6 is 0 Å². The number of nitrogens with zero attached hydrogens (tertiary/aromatic N) is 1. The van der Waals surface area contributed by atoms with Gasteiger partial charge in [-0.05, 0) is 49.9 Å². The molecule has 0 aliphatic carbocycles. The average molecular weight is 264 g/mol. The Bertz CT molecular complexity index is 388. The van der Waals surface area contributed by atoms with Crippen molar-refractivity contribution in [3.05, 3.63) is 35.6 Å². The van der Waals surface area contributed by atoms with Crippen molar-refractivity contribution in [2.24, 2.45) is 5.73 Å². The summed E-state index contributed by atoms with van der Waals surface area (Å²) in [6, 6.07) is 7.60. The van der Waals surface area contributed by atoms with Crippen molar-refractivity contribution in [3.8, 4) is 0 Å². The van der Waals surface area contributed by atoms with Crippen LogP contribution in [-0.4, -0.2) is 30.1 Å². The van der Waals surface area contributed by atoms with Gasteiger partial charge in [-0.25, -0.2) is 4.39 Å². The van der Waals surface area contributed by atoms with Crippen LogP contribution in [0.1, 0.15) is 44.6 Å². The van der Waals surface area contributed by atoms with Crippen LogP contribution in [-0.2, 0) is 0 Å². The maximum absolute atomic E-state index is 12.9. The molecule has 1 heterocycles. The minimum atomic E-state index is -0.164. The predicted molar refractivity (Wildman–Crippen MR) is 77.7 cm³/mol. The zero-order valence-electron chi connectivity index (χ0n) is 12.0. The van der Waals surface area contributed by atoms with E-state index in [9.17, 15) is 4.39 Å². The number of hydrogen-bond acceptors (Lipinski definition) is 2. The Kier molecular flexibility index (Phi) is 4.94. The standard InChI is InChI=1S/C16H25FN2/c1-12(14-6-8-15(17)9-7-14)11-19-10-4-3-5-16(19)13(2)18/h6-9,12-13,16H,3-5,10-11,18H2,1-2H3. The summed E-state index contributed by atoms with van der Waals surface area (Å²) < 4.78 is 12.9. The van der Waals surface area contributed by atoms with E-state index in [1.165, 1.54) is 24.8 Å². The summed E-state index contributed by atoms with van der Waals surface area (Å²) >= 11 is 0. The highest BCUT2D eigenvalue weighted by Gasteiger charge is 2.26. The van der Waals surface area contributed by atoms with Crippen LogP contribution in [0.3, 0.4) is 0 Å². The predicted octanol–water partition coefficient (Wildman–Crippen LogP) is 3.13. The Morgan fingerprint density at radius 3 is 2.58 bits per heavy atom. The second-order valence-corrected chi connectivity index (χ2v) is 5.87. The van der Waals surface area contributed by atoms with E-state index < -0.39 is 0 Å². The first-order valence-electron chi connectivity index (χ1n) is 7.33. The van der Waals surface area contributed by atoms with Crippen LogP contribution in [0.5, 0.6) is 0 Å². The lowest BCUT2D eigenvalue weighted by Gasteiger charge is -2.39. The fraction of sp³-hybridized carbons (Fsp3) is 0.625. The van der Waals surface area contributed by atoms with E-state index in [4.69, 9.17) is 5.73 Å². The molecular formula is C16H25FN2. The van der Waals surface area contributed by atoms with E-state index in [1.807, 2.05) is 12.1 Å². The van der Waals surface area contributed by atoms with E-state index in [0.29, 0.717) is 12.0 Å². The molecule has 3 atom stereocenters. The number of halogens is 1. The fourth-order valence-electron chi connectivity index (χ4n) is 3.09. The van der Waals surface area contributed by atoms with Gasteiger partial charge >= 0.3 is 0 Å². The first-order valence-corrected chi connectivity index (χ1v) is 7.33. The van der Waals surface area contributed by atoms with Crippen LogP contribution in [0.25, 0.3) is 0 Å². The number of likely N-dealkylation sites (tertiary alicyclic amines) is 1. The molecule has 0 bridgehead atoms. The molecule has 1 fully saturated rings. The normalized spacial score (nSPS) is 24.1. The molecule has 2 N–H and O–H groups in total. The van der Waals surface area contributed by atoms with Gasteiger partial charge in [0.15, 0.2) is 0 Å². The molecular weight excluding hydrogens is 239 g/mol. The third-order valence-electron chi connectivity index (χ3n) is 4.22. The molecule has 1 saturated heterocycles. The van der Waals surface area contributed by atoms with Gasteiger partial charge in [0, 0.05) is 18.6 Å². The summed E-state index contributed by atoms with van der Waals surface area (Å²) in [5.74, 6) is 0.252. The molecule has 2 rings (SSSR count). The maximum atomic E-state index is 12.9. The van der Waals surface area contributed by atoms with Gasteiger partial charge in [0.05, 0.1) is 0 Å². The van der Waals surface area contributed by atoms with Crippen LogP contribution in [0.15, 0.2) is 24.3 Å². The van der Waals surface area contributed by atoms with Gasteiger partial charge in [-0.1, -0.05) is 25.5 Å². The minimum Gasteiger partial charge on any atom is -0.327 e. The van der Waals surface area contributed by atoms with E-state index in [0.717, 1.165) is 13.1 Å². The Morgan fingerprint density at radius 1 is 1.26 bits per heavy atom. The van der Waals surface area contributed by atoms with Gasteiger partial charge in [-0.2, -0.15) is 0 Å². The molecule has 0 amide bonds. The van der Waals surface area contributed by atoms with Gasteiger partial charge in [0.2, 0.25) is 0 Å². The number of piperidine rings is 1. The lowest BCUT2D eigenvalue weighted by molar-refractivity contribution is 0.124. The molecule has 0 spiro atoms. The van der Waals surface area contributed by atoms with E-state index in [2.05, 4.69) is 18.7 Å². The van der Waals surface area contributed by atoms with Gasteiger partial charge in [0.1, 0.15) is 5.82 Å². The van der Waals surface area contributed by atoms with Gasteiger partial charge in [-0.15, -0.1) is 0 Å². The Balaban J connectivity index is 2.00. The van der Waals surface area contributed by atoms with Crippen molar-refractivity contribution in [2.45, 2.75) is 51.1 Å². The smallest absolute Gasteiger partial charge is 0.123 e. The summed E-state index contributed by atoms with van der Waals surface area (Å²) in [6.07, 6.45) is 3.75. The van der Waals surface area contributed by atoms with Crippen LogP contribution < -0.4 is 5.73 Å². The third kappa shape index (κ3) is 3.77. The molecule has 19 heavy (non-hydrogen) atoms.